The van der Waals surface area contributed by atoms with E-state index in [1.807, 2.05) is 188 Å². The van der Waals surface area contributed by atoms with E-state index in [1.165, 1.54) is 12.1 Å². The molecule has 0 bridgehead atoms. The average molecular weight is 1120 g/mol. The van der Waals surface area contributed by atoms with Gasteiger partial charge in [0, 0.05) is 45.4 Å². The summed E-state index contributed by atoms with van der Waals surface area (Å²) in [5.74, 6) is -0.437. The molecule has 2 aliphatic carbocycles. The van der Waals surface area contributed by atoms with Crippen LogP contribution in [-0.4, -0.2) is 0 Å². The molecule has 86 heavy (non-hydrogen) atoms. The molecule has 8 heteroatoms. The summed E-state index contributed by atoms with van der Waals surface area (Å²) in [4.78, 5) is 2.14. The van der Waals surface area contributed by atoms with Gasteiger partial charge in [-0.1, -0.05) is 177 Å². The molecule has 0 aliphatic heterocycles. The van der Waals surface area contributed by atoms with Gasteiger partial charge in [0.05, 0.1) is 16.5 Å². The van der Waals surface area contributed by atoms with Crippen LogP contribution < -0.4 is 14.4 Å². The lowest BCUT2D eigenvalue weighted by molar-refractivity contribution is 0.481. The normalized spacial score (nSPS) is 15.4. The number of halogens is 4. The van der Waals surface area contributed by atoms with Gasteiger partial charge in [-0.25, -0.2) is 17.6 Å². The standard InChI is InChI=1S/C78H49F4NO3/c1-3-48-20-32-56(33-21-48)84-58-36-24-50(25-37-58)77(68-42-28-52(79)44-72(68)81)66-16-8-5-12-60(66)62-40-30-54(46-70(62)77)83(74-18-11-15-65-64-14-7-10-19-75(64)86-76(65)74)55-31-41-63-61-13-6-9-17-67(61)78(71(63)47-55,69-43-29-53(80)45-73(69)82)51-26-38-59(39-27-51)85-57-34-22-49(4-2)23-35-57/h3-47H,1-2H2. The van der Waals surface area contributed by atoms with Gasteiger partial charge in [-0.2, -0.15) is 0 Å². The molecule has 412 valence electrons. The maximum atomic E-state index is 17.4. The number of fused-ring (bicyclic) bond motifs is 9. The third-order valence-electron chi connectivity index (χ3n) is 17.1. The van der Waals surface area contributed by atoms with Gasteiger partial charge in [0.25, 0.3) is 0 Å². The lowest BCUT2D eigenvalue weighted by Gasteiger charge is -2.36. The number of rotatable bonds is 13. The first-order valence-electron chi connectivity index (χ1n) is 28.3. The van der Waals surface area contributed by atoms with Crippen LogP contribution in [0.15, 0.2) is 278 Å². The van der Waals surface area contributed by atoms with Crippen LogP contribution in [0.1, 0.15) is 55.6 Å². The Morgan fingerprint density at radius 2 is 0.779 bits per heavy atom. The Morgan fingerprint density at radius 3 is 1.24 bits per heavy atom. The molecule has 0 amide bonds. The van der Waals surface area contributed by atoms with Crippen LogP contribution in [0.3, 0.4) is 0 Å². The Hall–Kier alpha value is -11.0. The molecule has 12 aromatic carbocycles. The molecular formula is C78H49F4NO3. The molecule has 2 unspecified atom stereocenters. The Morgan fingerprint density at radius 1 is 0.360 bits per heavy atom. The van der Waals surface area contributed by atoms with E-state index >= 15 is 17.6 Å². The van der Waals surface area contributed by atoms with E-state index in [0.29, 0.717) is 51.2 Å². The smallest absolute Gasteiger partial charge is 0.159 e. The maximum absolute atomic E-state index is 17.4. The minimum Gasteiger partial charge on any atom is -0.457 e. The zero-order valence-corrected chi connectivity index (χ0v) is 46.1. The molecule has 2 aliphatic rings. The molecule has 13 aromatic rings. The van der Waals surface area contributed by atoms with Crippen molar-refractivity contribution in [3.8, 4) is 45.3 Å². The van der Waals surface area contributed by atoms with E-state index in [2.05, 4.69) is 54.5 Å². The first-order valence-corrected chi connectivity index (χ1v) is 28.3. The summed E-state index contributed by atoms with van der Waals surface area (Å²) in [7, 11) is 0. The number of furan rings is 1. The molecule has 1 aromatic heterocycles. The van der Waals surface area contributed by atoms with Gasteiger partial charge in [-0.15, -0.1) is 0 Å². The second-order valence-corrected chi connectivity index (χ2v) is 21.7. The van der Waals surface area contributed by atoms with Crippen molar-refractivity contribution in [3.05, 3.63) is 353 Å². The first-order chi connectivity index (χ1) is 42.1. The van der Waals surface area contributed by atoms with Crippen molar-refractivity contribution in [1.29, 1.82) is 0 Å². The fourth-order valence-electron chi connectivity index (χ4n) is 13.4. The van der Waals surface area contributed by atoms with Gasteiger partial charge in [-0.3, -0.25) is 0 Å². The fourth-order valence-corrected chi connectivity index (χ4v) is 13.4. The molecule has 0 N–H and O–H groups in total. The Bertz CT molecular complexity index is 4610. The van der Waals surface area contributed by atoms with Crippen LogP contribution in [-0.2, 0) is 10.8 Å². The Balaban J connectivity index is 0.971. The Kier molecular flexibility index (Phi) is 12.3. The number of hydrogen-bond donors (Lipinski definition) is 0. The van der Waals surface area contributed by atoms with Crippen LogP contribution in [0.2, 0.25) is 0 Å². The molecule has 0 saturated heterocycles. The van der Waals surface area contributed by atoms with Crippen LogP contribution in [0, 0.1) is 23.3 Å². The number of hydrogen-bond acceptors (Lipinski definition) is 4. The summed E-state index contributed by atoms with van der Waals surface area (Å²) < 4.78 is 84.9. The van der Waals surface area contributed by atoms with Crippen molar-refractivity contribution in [2.24, 2.45) is 0 Å². The van der Waals surface area contributed by atoms with Gasteiger partial charge < -0.3 is 18.8 Å². The largest absolute Gasteiger partial charge is 0.457 e. The van der Waals surface area contributed by atoms with Crippen LogP contribution >= 0.6 is 0 Å². The van der Waals surface area contributed by atoms with Gasteiger partial charge in [-0.05, 0) is 164 Å². The van der Waals surface area contributed by atoms with Gasteiger partial charge >= 0.3 is 0 Å². The second kappa shape index (κ2) is 20.4. The summed E-state index contributed by atoms with van der Waals surface area (Å²) >= 11 is 0. The SMILES string of the molecule is C=Cc1ccc(Oc2ccc(C3(c4ccc(F)cc4F)c4ccccc4-c4ccc(N(c5ccc6c(c5)C(c5ccc(Oc7ccc(C=C)cc7)cc5)(c5ccc(F)cc5F)c5ccccc5-6)c5cccc6c5oc5ccccc56)cc43)cc2)cc1. The highest BCUT2D eigenvalue weighted by atomic mass is 19.1. The highest BCUT2D eigenvalue weighted by molar-refractivity contribution is 6.10. The third-order valence-corrected chi connectivity index (χ3v) is 17.1. The van der Waals surface area contributed by atoms with Crippen molar-refractivity contribution in [2.45, 2.75) is 10.8 Å². The average Bonchev–Trinajstić information content (AvgIpc) is 1.53. The lowest BCUT2D eigenvalue weighted by Crippen LogP contribution is -2.30. The zero-order valence-electron chi connectivity index (χ0n) is 46.1. The second-order valence-electron chi connectivity index (χ2n) is 21.7. The highest BCUT2D eigenvalue weighted by Gasteiger charge is 2.50. The fraction of sp³-hybridized carbons (Fsp3) is 0.0256. The van der Waals surface area contributed by atoms with Crippen LogP contribution in [0.4, 0.5) is 34.6 Å². The lowest BCUT2D eigenvalue weighted by atomic mass is 9.67. The first kappa shape index (κ1) is 51.9. The van der Waals surface area contributed by atoms with Crippen molar-refractivity contribution in [3.63, 3.8) is 0 Å². The summed E-state index contributed by atoms with van der Waals surface area (Å²) in [5, 5.41) is 1.81. The molecule has 1 heterocycles. The summed E-state index contributed by atoms with van der Waals surface area (Å²) in [6.07, 6.45) is 3.54. The number of nitrogens with zero attached hydrogens (tertiary/aromatic N) is 1. The van der Waals surface area contributed by atoms with Gasteiger partial charge in [0.1, 0.15) is 51.8 Å². The van der Waals surface area contributed by atoms with Gasteiger partial charge in [0.2, 0.25) is 0 Å². The quantitative estimate of drug-likeness (QED) is 0.108. The van der Waals surface area contributed by atoms with E-state index in [4.69, 9.17) is 13.9 Å². The number of benzene rings is 12. The summed E-state index contributed by atoms with van der Waals surface area (Å²) in [6.45, 7) is 7.75. The van der Waals surface area contributed by atoms with Crippen LogP contribution in [0.25, 0.3) is 56.3 Å². The van der Waals surface area contributed by atoms with E-state index in [-0.39, 0.29) is 11.1 Å². The van der Waals surface area contributed by atoms with Crippen molar-refractivity contribution < 1.29 is 31.5 Å². The molecule has 4 nitrogen and oxygen atoms in total. The van der Waals surface area contributed by atoms with E-state index in [0.717, 1.165) is 89.7 Å². The van der Waals surface area contributed by atoms with Crippen LogP contribution in [0.5, 0.6) is 23.0 Å². The van der Waals surface area contributed by atoms with Gasteiger partial charge in [0.15, 0.2) is 5.58 Å². The third kappa shape index (κ3) is 8.12. The molecule has 0 radical (unpaired) electrons. The molecule has 2 atom stereocenters. The minimum atomic E-state index is -1.35. The predicted octanol–water partition coefficient (Wildman–Crippen LogP) is 21.2. The van der Waals surface area contributed by atoms with Crippen molar-refractivity contribution in [2.75, 3.05) is 4.90 Å². The van der Waals surface area contributed by atoms with E-state index in [1.54, 1.807) is 24.3 Å². The van der Waals surface area contributed by atoms with Crippen molar-refractivity contribution >= 4 is 51.2 Å². The number of para-hydroxylation sites is 2. The number of anilines is 3. The summed E-state index contributed by atoms with van der Waals surface area (Å²) in [5.41, 5.74) is 11.1. The molecule has 0 fully saturated rings. The molecule has 15 rings (SSSR count). The van der Waals surface area contributed by atoms with Crippen molar-refractivity contribution in [1.82, 2.24) is 0 Å². The topological polar surface area (TPSA) is 34.8 Å². The predicted molar refractivity (Wildman–Crippen MR) is 336 cm³/mol. The minimum absolute atomic E-state index is 0.255. The summed E-state index contributed by atoms with van der Waals surface area (Å²) in [6, 6.07) is 80.5. The molecule has 0 saturated carbocycles. The maximum Gasteiger partial charge on any atom is 0.159 e. The monoisotopic (exact) mass is 1120 g/mol. The van der Waals surface area contributed by atoms with E-state index < -0.39 is 34.1 Å². The highest BCUT2D eigenvalue weighted by Crippen LogP contribution is 2.61. The van der Waals surface area contributed by atoms with E-state index in [9.17, 15) is 0 Å². The number of ether oxygens (including phenoxy) is 2. The zero-order chi connectivity index (χ0) is 58.3. The molecular weight excluding hydrogens is 1070 g/mol. The molecule has 0 spiro atoms. The Labute approximate surface area is 494 Å².